The van der Waals surface area contributed by atoms with Gasteiger partial charge in [0.2, 0.25) is 0 Å². The highest BCUT2D eigenvalue weighted by atomic mass is 35.5. The Hall–Kier alpha value is -2.92. The van der Waals surface area contributed by atoms with Gasteiger partial charge in [0.05, 0.1) is 5.56 Å². The van der Waals surface area contributed by atoms with Gasteiger partial charge in [0, 0.05) is 38.8 Å². The van der Waals surface area contributed by atoms with Gasteiger partial charge in [-0.25, -0.2) is 9.37 Å². The number of carbonyl (C=O) groups excluding carboxylic acids is 2. The standard InChI is InChI=1S/C27H31ClF4N4O3/c1-33-24(37)21-5-6-22(34-23(21)28)35-11-7-17(8-12-35)15-18-9-13-36(14-10-18)25(38)26(39,27(30,31)32)19-3-2-4-20(29)16-19/h2-6,16-18,39H,7-15H2,1H3,(H,33,37)/t26-/m1/s1. The molecule has 0 aliphatic carbocycles. The number of piperidine rings is 2. The molecule has 1 atom stereocenters. The molecule has 2 amide bonds. The van der Waals surface area contributed by atoms with Gasteiger partial charge in [-0.15, -0.1) is 0 Å². The van der Waals surface area contributed by atoms with Crippen LogP contribution in [0.4, 0.5) is 23.4 Å². The van der Waals surface area contributed by atoms with Crippen LogP contribution in [-0.2, 0) is 10.4 Å². The molecular weight excluding hydrogens is 540 g/mol. The fourth-order valence-electron chi connectivity index (χ4n) is 5.50. The van der Waals surface area contributed by atoms with E-state index in [0.29, 0.717) is 36.2 Å². The maximum Gasteiger partial charge on any atom is 0.430 e. The van der Waals surface area contributed by atoms with E-state index in [1.807, 2.05) is 0 Å². The van der Waals surface area contributed by atoms with Crippen LogP contribution in [0.5, 0.6) is 0 Å². The lowest BCUT2D eigenvalue weighted by molar-refractivity contribution is -0.262. The van der Waals surface area contributed by atoms with E-state index >= 15 is 0 Å². The molecule has 0 saturated carbocycles. The number of alkyl halides is 3. The Morgan fingerprint density at radius 1 is 1.05 bits per heavy atom. The van der Waals surface area contributed by atoms with E-state index in [1.54, 1.807) is 12.1 Å². The molecule has 7 nitrogen and oxygen atoms in total. The molecule has 212 valence electrons. The second-order valence-electron chi connectivity index (χ2n) is 10.2. The van der Waals surface area contributed by atoms with Crippen molar-refractivity contribution in [2.45, 2.75) is 43.9 Å². The molecule has 2 aliphatic rings. The summed E-state index contributed by atoms with van der Waals surface area (Å²) in [6.45, 7) is 1.71. The van der Waals surface area contributed by atoms with Crippen LogP contribution in [0.3, 0.4) is 0 Å². The zero-order chi connectivity index (χ0) is 28.4. The summed E-state index contributed by atoms with van der Waals surface area (Å²) in [7, 11) is 1.52. The van der Waals surface area contributed by atoms with E-state index < -0.39 is 29.1 Å². The van der Waals surface area contributed by atoms with Gasteiger partial charge < -0.3 is 20.2 Å². The van der Waals surface area contributed by atoms with Crippen LogP contribution in [0.25, 0.3) is 0 Å². The molecule has 0 spiro atoms. The highest BCUT2D eigenvalue weighted by Crippen LogP contribution is 2.42. The Morgan fingerprint density at radius 3 is 2.21 bits per heavy atom. The zero-order valence-electron chi connectivity index (χ0n) is 21.5. The van der Waals surface area contributed by atoms with Gasteiger partial charge in [0.15, 0.2) is 0 Å². The number of hydrogen-bond donors (Lipinski definition) is 2. The molecule has 2 saturated heterocycles. The molecule has 4 rings (SSSR count). The first-order valence-electron chi connectivity index (χ1n) is 12.9. The Kier molecular flexibility index (Phi) is 8.70. The van der Waals surface area contributed by atoms with Gasteiger partial charge in [-0.2, -0.15) is 13.2 Å². The summed E-state index contributed by atoms with van der Waals surface area (Å²) in [5, 5.41) is 13.2. The van der Waals surface area contributed by atoms with Crippen LogP contribution >= 0.6 is 11.6 Å². The molecule has 2 aliphatic heterocycles. The van der Waals surface area contributed by atoms with E-state index in [-0.39, 0.29) is 30.1 Å². The minimum absolute atomic E-state index is 0.0934. The molecular formula is C27H31ClF4N4O3. The van der Waals surface area contributed by atoms with Crippen LogP contribution in [-0.4, -0.2) is 66.2 Å². The van der Waals surface area contributed by atoms with Crippen molar-refractivity contribution in [3.05, 3.63) is 58.5 Å². The highest BCUT2D eigenvalue weighted by Gasteiger charge is 2.62. The second-order valence-corrected chi connectivity index (χ2v) is 10.6. The van der Waals surface area contributed by atoms with Crippen LogP contribution < -0.4 is 10.2 Å². The second kappa shape index (κ2) is 11.7. The van der Waals surface area contributed by atoms with Crippen LogP contribution in [0, 0.1) is 17.7 Å². The molecule has 1 aromatic carbocycles. The molecule has 0 bridgehead atoms. The van der Waals surface area contributed by atoms with Crippen molar-refractivity contribution in [1.29, 1.82) is 0 Å². The third-order valence-electron chi connectivity index (χ3n) is 7.77. The number of aliphatic hydroxyl groups is 1. The molecule has 2 aromatic rings. The number of benzene rings is 1. The summed E-state index contributed by atoms with van der Waals surface area (Å²) in [6.07, 6.45) is -1.54. The lowest BCUT2D eigenvalue weighted by atomic mass is 9.82. The Labute approximate surface area is 229 Å². The summed E-state index contributed by atoms with van der Waals surface area (Å²) < 4.78 is 55.4. The lowest BCUT2D eigenvalue weighted by Gasteiger charge is -2.40. The largest absolute Gasteiger partial charge is 0.430 e. The Balaban J connectivity index is 1.31. The fourth-order valence-corrected chi connectivity index (χ4v) is 5.73. The highest BCUT2D eigenvalue weighted by molar-refractivity contribution is 6.32. The Bertz CT molecular complexity index is 1200. The first-order valence-corrected chi connectivity index (χ1v) is 13.3. The number of nitrogens with zero attached hydrogens (tertiary/aromatic N) is 3. The van der Waals surface area contributed by atoms with Crippen molar-refractivity contribution < 1.29 is 32.3 Å². The molecule has 0 radical (unpaired) electrons. The van der Waals surface area contributed by atoms with Gasteiger partial charge in [-0.05, 0) is 68.2 Å². The fraction of sp³-hybridized carbons (Fsp3) is 0.519. The molecule has 3 heterocycles. The maximum absolute atomic E-state index is 13.9. The molecule has 12 heteroatoms. The van der Waals surface area contributed by atoms with E-state index in [9.17, 15) is 32.3 Å². The van der Waals surface area contributed by atoms with Crippen LogP contribution in [0.1, 0.15) is 48.0 Å². The number of anilines is 1. The monoisotopic (exact) mass is 570 g/mol. The zero-order valence-corrected chi connectivity index (χ0v) is 22.2. The number of amides is 2. The van der Waals surface area contributed by atoms with Crippen molar-refractivity contribution in [2.75, 3.05) is 38.1 Å². The van der Waals surface area contributed by atoms with E-state index in [4.69, 9.17) is 11.6 Å². The summed E-state index contributed by atoms with van der Waals surface area (Å²) in [5.74, 6) is -1.36. The van der Waals surface area contributed by atoms with E-state index in [2.05, 4.69) is 15.2 Å². The molecule has 0 unspecified atom stereocenters. The van der Waals surface area contributed by atoms with E-state index in [0.717, 1.165) is 55.5 Å². The first kappa shape index (κ1) is 29.1. The van der Waals surface area contributed by atoms with Gasteiger partial charge >= 0.3 is 6.18 Å². The smallest absolute Gasteiger partial charge is 0.368 e. The van der Waals surface area contributed by atoms with Gasteiger partial charge in [0.25, 0.3) is 17.4 Å². The molecule has 2 fully saturated rings. The average molecular weight is 571 g/mol. The summed E-state index contributed by atoms with van der Waals surface area (Å²) in [6, 6.07) is 6.87. The number of carbonyl (C=O) groups is 2. The normalized spacial score (nSPS) is 19.1. The number of likely N-dealkylation sites (tertiary alicyclic amines) is 1. The average Bonchev–Trinajstić information content (AvgIpc) is 2.92. The van der Waals surface area contributed by atoms with Crippen molar-refractivity contribution in [1.82, 2.24) is 15.2 Å². The van der Waals surface area contributed by atoms with Gasteiger partial charge in [0.1, 0.15) is 16.8 Å². The summed E-state index contributed by atoms with van der Waals surface area (Å²) >= 11 is 6.19. The summed E-state index contributed by atoms with van der Waals surface area (Å²) in [5.41, 5.74) is -4.32. The molecule has 2 N–H and O–H groups in total. The minimum atomic E-state index is -5.30. The predicted molar refractivity (Wildman–Crippen MR) is 138 cm³/mol. The molecule has 39 heavy (non-hydrogen) atoms. The summed E-state index contributed by atoms with van der Waals surface area (Å²) in [4.78, 5) is 32.3. The number of halogens is 5. The topological polar surface area (TPSA) is 85.8 Å². The van der Waals surface area contributed by atoms with Gasteiger partial charge in [-0.1, -0.05) is 23.7 Å². The van der Waals surface area contributed by atoms with Gasteiger partial charge in [-0.3, -0.25) is 9.59 Å². The third kappa shape index (κ3) is 6.14. The SMILES string of the molecule is CNC(=O)c1ccc(N2CCC(CC3CCN(C(=O)[C@](O)(c4cccc(F)c4)C(F)(F)F)CC3)CC2)nc1Cl. The first-order chi connectivity index (χ1) is 18.4. The number of aromatic nitrogens is 1. The van der Waals surface area contributed by atoms with E-state index in [1.165, 1.54) is 7.05 Å². The minimum Gasteiger partial charge on any atom is -0.368 e. The maximum atomic E-state index is 13.9. The van der Waals surface area contributed by atoms with Crippen LogP contribution in [0.2, 0.25) is 5.15 Å². The van der Waals surface area contributed by atoms with Crippen molar-refractivity contribution >= 4 is 29.2 Å². The van der Waals surface area contributed by atoms with Crippen molar-refractivity contribution in [3.8, 4) is 0 Å². The number of rotatable bonds is 6. The Morgan fingerprint density at radius 2 is 1.67 bits per heavy atom. The number of pyridine rings is 1. The number of nitrogens with one attached hydrogen (secondary N) is 1. The quantitative estimate of drug-likeness (QED) is 0.394. The molecule has 1 aromatic heterocycles. The van der Waals surface area contributed by atoms with Crippen LogP contribution in [0.15, 0.2) is 36.4 Å². The lowest BCUT2D eigenvalue weighted by Crippen LogP contribution is -2.57. The third-order valence-corrected chi connectivity index (χ3v) is 8.06. The predicted octanol–water partition coefficient (Wildman–Crippen LogP) is 4.53. The van der Waals surface area contributed by atoms with Crippen molar-refractivity contribution in [3.63, 3.8) is 0 Å². The van der Waals surface area contributed by atoms with Crippen molar-refractivity contribution in [2.24, 2.45) is 11.8 Å². The number of hydrogen-bond acceptors (Lipinski definition) is 5.